The van der Waals surface area contributed by atoms with Gasteiger partial charge in [0.05, 0.1) is 17.3 Å². The minimum Gasteiger partial charge on any atom is -0.324 e. The van der Waals surface area contributed by atoms with Crippen molar-refractivity contribution in [3.63, 3.8) is 0 Å². The molecule has 132 valence electrons. The number of carbonyl (C=O) groups excluding carboxylic acids is 2. The Hall–Kier alpha value is -3.00. The van der Waals surface area contributed by atoms with Gasteiger partial charge in [-0.3, -0.25) is 14.6 Å². The highest BCUT2D eigenvalue weighted by Crippen LogP contribution is 2.25. The Labute approximate surface area is 149 Å². The second kappa shape index (κ2) is 11.5. The molecule has 0 bridgehead atoms. The molecule has 0 radical (unpaired) electrons. The molecule has 1 N–H and O–H groups in total. The second-order valence-corrected chi connectivity index (χ2v) is 4.55. The third-order valence-electron chi connectivity index (χ3n) is 2.86. The van der Waals surface area contributed by atoms with E-state index in [1.54, 1.807) is 30.5 Å². The van der Waals surface area contributed by atoms with E-state index in [2.05, 4.69) is 16.4 Å². The number of ketones is 1. The molecule has 2 aromatic rings. The number of benzene rings is 1. The van der Waals surface area contributed by atoms with E-state index in [0.29, 0.717) is 11.3 Å². The van der Waals surface area contributed by atoms with Crippen LogP contribution < -0.4 is 5.32 Å². The molecule has 2 rings (SSSR count). The lowest BCUT2D eigenvalue weighted by Crippen LogP contribution is -2.11. The van der Waals surface area contributed by atoms with Crippen LogP contribution in [0, 0.1) is 11.3 Å². The van der Waals surface area contributed by atoms with E-state index in [1.165, 1.54) is 13.8 Å². The zero-order chi connectivity index (χ0) is 19.4. The Bertz CT molecular complexity index is 762. The number of Topliss-reactive ketones (excluding diaryl/α,β-unsaturated/α-hetero) is 1. The molecule has 0 fully saturated rings. The van der Waals surface area contributed by atoms with Gasteiger partial charge in [-0.15, -0.1) is 0 Å². The van der Waals surface area contributed by atoms with Gasteiger partial charge in [-0.05, 0) is 23.8 Å². The fourth-order valence-corrected chi connectivity index (χ4v) is 1.96. The van der Waals surface area contributed by atoms with Crippen LogP contribution in [0.25, 0.3) is 11.1 Å². The van der Waals surface area contributed by atoms with Crippen LogP contribution in [0.15, 0.2) is 36.5 Å². The summed E-state index contributed by atoms with van der Waals surface area (Å²) in [6.45, 7) is 10.8. The number of nitrogens with one attached hydrogen (secondary N) is 1. The molecule has 0 aliphatic carbocycles. The molecule has 0 saturated heterocycles. The molecule has 0 atom stereocenters. The second-order valence-electron chi connectivity index (χ2n) is 4.55. The molecule has 25 heavy (non-hydrogen) atoms. The van der Waals surface area contributed by atoms with Gasteiger partial charge in [-0.2, -0.15) is 5.26 Å². The van der Waals surface area contributed by atoms with Gasteiger partial charge in [0.25, 0.3) is 0 Å². The highest BCUT2D eigenvalue weighted by molar-refractivity contribution is 6.02. The number of anilines is 1. The molecule has 0 aliphatic heterocycles. The summed E-state index contributed by atoms with van der Waals surface area (Å²) in [5.41, 5.74) is 2.63. The van der Waals surface area contributed by atoms with Gasteiger partial charge in [0.2, 0.25) is 5.91 Å². The maximum absolute atomic E-state index is 11.5. The van der Waals surface area contributed by atoms with Crippen LogP contribution in [0.3, 0.4) is 0 Å². The Morgan fingerprint density at radius 3 is 2.20 bits per heavy atom. The van der Waals surface area contributed by atoms with Crippen molar-refractivity contribution in [1.29, 1.82) is 5.26 Å². The van der Waals surface area contributed by atoms with Gasteiger partial charge < -0.3 is 5.32 Å². The number of hydrogen-bond donors (Lipinski definition) is 1. The quantitative estimate of drug-likeness (QED) is 0.812. The first-order chi connectivity index (χ1) is 12.0. The third-order valence-corrected chi connectivity index (χ3v) is 2.86. The van der Waals surface area contributed by atoms with Crippen LogP contribution in [0.1, 0.15) is 57.6 Å². The van der Waals surface area contributed by atoms with E-state index >= 15 is 0 Å². The SMILES string of the molecule is CC.CC.CC(=O)Nc1cc(-c2cccc(C#N)c2)cnc1C(C)=O. The molecule has 5 nitrogen and oxygen atoms in total. The summed E-state index contributed by atoms with van der Waals surface area (Å²) in [6, 6.07) is 10.8. The molecule has 1 heterocycles. The number of carbonyl (C=O) groups is 2. The maximum atomic E-state index is 11.5. The Morgan fingerprint density at radius 1 is 1.04 bits per heavy atom. The first kappa shape index (κ1) is 22.0. The topological polar surface area (TPSA) is 82.8 Å². The summed E-state index contributed by atoms with van der Waals surface area (Å²) in [5.74, 6) is -0.502. The lowest BCUT2D eigenvalue weighted by atomic mass is 10.0. The van der Waals surface area contributed by atoms with E-state index < -0.39 is 0 Å². The number of hydrogen-bond acceptors (Lipinski definition) is 4. The summed E-state index contributed by atoms with van der Waals surface area (Å²) in [4.78, 5) is 26.9. The molecule has 0 aliphatic rings. The number of nitriles is 1. The monoisotopic (exact) mass is 339 g/mol. The van der Waals surface area contributed by atoms with Crippen LogP contribution >= 0.6 is 0 Å². The smallest absolute Gasteiger partial charge is 0.221 e. The Kier molecular flexibility index (Phi) is 10.1. The number of pyridine rings is 1. The van der Waals surface area contributed by atoms with Crippen LogP contribution in [-0.2, 0) is 4.79 Å². The lowest BCUT2D eigenvalue weighted by molar-refractivity contribution is -0.114. The van der Waals surface area contributed by atoms with Gasteiger partial charge in [-0.25, -0.2) is 0 Å². The number of rotatable bonds is 3. The highest BCUT2D eigenvalue weighted by Gasteiger charge is 2.12. The third kappa shape index (κ3) is 6.56. The highest BCUT2D eigenvalue weighted by atomic mass is 16.1. The lowest BCUT2D eigenvalue weighted by Gasteiger charge is -2.09. The molecule has 1 amide bonds. The summed E-state index contributed by atoms with van der Waals surface area (Å²) < 4.78 is 0. The van der Waals surface area contributed by atoms with Crippen molar-refractivity contribution in [1.82, 2.24) is 4.98 Å². The predicted octanol–water partition coefficient (Wildman–Crippen LogP) is 4.83. The van der Waals surface area contributed by atoms with Crippen molar-refractivity contribution in [2.24, 2.45) is 0 Å². The fourth-order valence-electron chi connectivity index (χ4n) is 1.96. The Morgan fingerprint density at radius 2 is 1.68 bits per heavy atom. The van der Waals surface area contributed by atoms with Crippen LogP contribution in [-0.4, -0.2) is 16.7 Å². The number of nitrogens with zero attached hydrogens (tertiary/aromatic N) is 2. The molecular weight excluding hydrogens is 314 g/mol. The largest absolute Gasteiger partial charge is 0.324 e. The van der Waals surface area contributed by atoms with Gasteiger partial charge in [0.1, 0.15) is 5.69 Å². The van der Waals surface area contributed by atoms with Crippen molar-refractivity contribution >= 4 is 17.4 Å². The molecule has 1 aromatic heterocycles. The minimum atomic E-state index is -0.276. The molecule has 0 saturated carbocycles. The van der Waals surface area contributed by atoms with Gasteiger partial charge >= 0.3 is 0 Å². The first-order valence-electron chi connectivity index (χ1n) is 8.30. The maximum Gasteiger partial charge on any atom is 0.221 e. The van der Waals surface area contributed by atoms with Gasteiger partial charge in [-0.1, -0.05) is 39.8 Å². The van der Waals surface area contributed by atoms with Crippen LogP contribution in [0.5, 0.6) is 0 Å². The summed E-state index contributed by atoms with van der Waals surface area (Å²) in [6.07, 6.45) is 1.55. The molecule has 0 unspecified atom stereocenters. The van der Waals surface area contributed by atoms with E-state index in [0.717, 1.165) is 11.1 Å². The molecule has 1 aromatic carbocycles. The summed E-state index contributed by atoms with van der Waals surface area (Å²) in [7, 11) is 0. The fraction of sp³-hybridized carbons (Fsp3) is 0.300. The number of aromatic nitrogens is 1. The summed E-state index contributed by atoms with van der Waals surface area (Å²) >= 11 is 0. The zero-order valence-electron chi connectivity index (χ0n) is 15.7. The predicted molar refractivity (Wildman–Crippen MR) is 101 cm³/mol. The Balaban J connectivity index is 0.00000134. The molecule has 5 heteroatoms. The molecular formula is C20H25N3O2. The average molecular weight is 339 g/mol. The van der Waals surface area contributed by atoms with Crippen molar-refractivity contribution in [2.75, 3.05) is 5.32 Å². The zero-order valence-corrected chi connectivity index (χ0v) is 15.7. The van der Waals surface area contributed by atoms with E-state index in [9.17, 15) is 9.59 Å². The van der Waals surface area contributed by atoms with Crippen molar-refractivity contribution < 1.29 is 9.59 Å². The van der Waals surface area contributed by atoms with Gasteiger partial charge in [0.15, 0.2) is 5.78 Å². The first-order valence-corrected chi connectivity index (χ1v) is 8.30. The van der Waals surface area contributed by atoms with Crippen LogP contribution in [0.4, 0.5) is 5.69 Å². The number of amides is 1. The average Bonchev–Trinajstić information content (AvgIpc) is 2.64. The summed E-state index contributed by atoms with van der Waals surface area (Å²) in [5, 5.41) is 11.5. The van der Waals surface area contributed by atoms with Crippen molar-refractivity contribution in [2.45, 2.75) is 41.5 Å². The van der Waals surface area contributed by atoms with Crippen molar-refractivity contribution in [3.8, 4) is 17.2 Å². The standard InChI is InChI=1S/C16H13N3O2.2C2H6/c1-10(20)16-15(19-11(2)21)7-14(9-18-16)13-5-3-4-12(6-13)8-17;2*1-2/h3-7,9H,1-2H3,(H,19,21);2*1-2H3. The van der Waals surface area contributed by atoms with Crippen LogP contribution in [0.2, 0.25) is 0 Å². The van der Waals surface area contributed by atoms with Crippen molar-refractivity contribution in [3.05, 3.63) is 47.8 Å². The molecule has 0 spiro atoms. The van der Waals surface area contributed by atoms with E-state index in [-0.39, 0.29) is 17.4 Å². The van der Waals surface area contributed by atoms with Gasteiger partial charge in [0, 0.05) is 25.6 Å². The normalized spacial score (nSPS) is 8.68. The van der Waals surface area contributed by atoms with E-state index in [1.807, 2.05) is 33.8 Å². The minimum absolute atomic E-state index is 0.213. The van der Waals surface area contributed by atoms with E-state index in [4.69, 9.17) is 5.26 Å².